The predicted molar refractivity (Wildman–Crippen MR) is 48.0 cm³/mol. The normalized spacial score (nSPS) is 15.3. The molecule has 1 aromatic carbocycles. The smallest absolute Gasteiger partial charge is 0.248 e. The van der Waals surface area contributed by atoms with Crippen LogP contribution in [0.3, 0.4) is 0 Å². The second-order valence-electron chi connectivity index (χ2n) is 3.08. The van der Waals surface area contributed by atoms with Gasteiger partial charge in [-0.3, -0.25) is 9.79 Å². The number of nitrogens with zero attached hydrogens (tertiary/aromatic N) is 2. The number of hydrogen-bond donors (Lipinski definition) is 0. The fourth-order valence-corrected chi connectivity index (χ4v) is 1.37. The third-order valence-electron chi connectivity index (χ3n) is 2.06. The summed E-state index contributed by atoms with van der Waals surface area (Å²) in [7, 11) is 0. The number of hydrogen-bond acceptors (Lipinski definition) is 2. The number of carbonyl (C=O) groups is 1. The summed E-state index contributed by atoms with van der Waals surface area (Å²) in [4.78, 5) is 19.5. The number of amides is 1. The molecule has 0 radical (unpaired) electrons. The van der Waals surface area contributed by atoms with E-state index in [1.54, 1.807) is 0 Å². The molecule has 0 spiro atoms. The fourth-order valence-electron chi connectivity index (χ4n) is 1.37. The van der Waals surface area contributed by atoms with Crippen molar-refractivity contribution in [3.63, 3.8) is 0 Å². The minimum Gasteiger partial charge on any atom is -0.283 e. The van der Waals surface area contributed by atoms with E-state index in [1.165, 1.54) is 0 Å². The molecule has 0 aromatic heterocycles. The van der Waals surface area contributed by atoms with Gasteiger partial charge in [0.05, 0.1) is 10.7 Å². The van der Waals surface area contributed by atoms with Gasteiger partial charge in [-0.25, -0.2) is 4.99 Å². The lowest BCUT2D eigenvalue weighted by Gasteiger charge is -1.91. The SMILES string of the molecule is Cc1cccc2c1=NC(=O)CCN=2. The number of carbonyl (C=O) groups excluding carboxylic acids is 1. The van der Waals surface area contributed by atoms with Gasteiger partial charge in [0, 0.05) is 13.0 Å². The Kier molecular flexibility index (Phi) is 1.93. The molecule has 0 fully saturated rings. The van der Waals surface area contributed by atoms with E-state index in [0.29, 0.717) is 13.0 Å². The van der Waals surface area contributed by atoms with E-state index in [9.17, 15) is 4.79 Å². The minimum atomic E-state index is -0.0724. The molecule has 0 aliphatic carbocycles. The molecule has 66 valence electrons. The van der Waals surface area contributed by atoms with Gasteiger partial charge in [0.15, 0.2) is 0 Å². The van der Waals surface area contributed by atoms with E-state index >= 15 is 0 Å². The van der Waals surface area contributed by atoms with Crippen LogP contribution in [0.15, 0.2) is 28.2 Å². The van der Waals surface area contributed by atoms with Crippen LogP contribution in [-0.4, -0.2) is 12.5 Å². The monoisotopic (exact) mass is 174 g/mol. The van der Waals surface area contributed by atoms with E-state index in [0.717, 1.165) is 16.3 Å². The van der Waals surface area contributed by atoms with Crippen molar-refractivity contribution < 1.29 is 4.79 Å². The number of fused-ring (bicyclic) bond motifs is 1. The Hall–Kier alpha value is -1.51. The molecule has 0 unspecified atom stereocenters. The highest BCUT2D eigenvalue weighted by molar-refractivity contribution is 5.77. The summed E-state index contributed by atoms with van der Waals surface area (Å²) < 4.78 is 0. The first-order chi connectivity index (χ1) is 6.27. The molecule has 1 heterocycles. The Balaban J connectivity index is 2.84. The van der Waals surface area contributed by atoms with Gasteiger partial charge in [-0.05, 0) is 18.6 Å². The van der Waals surface area contributed by atoms with Crippen molar-refractivity contribution in [3.8, 4) is 0 Å². The van der Waals surface area contributed by atoms with E-state index < -0.39 is 0 Å². The molecule has 1 amide bonds. The Bertz CT molecular complexity index is 462. The van der Waals surface area contributed by atoms with Crippen LogP contribution in [-0.2, 0) is 4.79 Å². The zero-order valence-corrected chi connectivity index (χ0v) is 7.45. The van der Waals surface area contributed by atoms with Crippen LogP contribution in [0.4, 0.5) is 0 Å². The molecular formula is C10H10N2O. The molecule has 0 atom stereocenters. The maximum Gasteiger partial charge on any atom is 0.248 e. The van der Waals surface area contributed by atoms with E-state index in [2.05, 4.69) is 9.98 Å². The fraction of sp³-hybridized carbons (Fsp3) is 0.300. The topological polar surface area (TPSA) is 41.8 Å². The van der Waals surface area contributed by atoms with Crippen LogP contribution in [0.5, 0.6) is 0 Å². The third kappa shape index (κ3) is 1.49. The highest BCUT2D eigenvalue weighted by atomic mass is 16.1. The van der Waals surface area contributed by atoms with Crippen LogP contribution in [0.25, 0.3) is 0 Å². The van der Waals surface area contributed by atoms with E-state index in [-0.39, 0.29) is 5.91 Å². The van der Waals surface area contributed by atoms with Crippen LogP contribution in [0.2, 0.25) is 0 Å². The van der Waals surface area contributed by atoms with Crippen molar-refractivity contribution >= 4 is 5.91 Å². The largest absolute Gasteiger partial charge is 0.283 e. The summed E-state index contributed by atoms with van der Waals surface area (Å²) in [6, 6.07) is 5.77. The number of para-hydroxylation sites is 1. The summed E-state index contributed by atoms with van der Waals surface area (Å²) in [6.07, 6.45) is 0.425. The molecular weight excluding hydrogens is 164 g/mol. The Morgan fingerprint density at radius 1 is 1.38 bits per heavy atom. The highest BCUT2D eigenvalue weighted by Gasteiger charge is 2.03. The van der Waals surface area contributed by atoms with Crippen molar-refractivity contribution in [3.05, 3.63) is 34.5 Å². The first-order valence-corrected chi connectivity index (χ1v) is 4.29. The highest BCUT2D eigenvalue weighted by Crippen LogP contribution is 1.90. The van der Waals surface area contributed by atoms with Gasteiger partial charge in [0.1, 0.15) is 0 Å². The molecule has 1 aromatic rings. The second-order valence-corrected chi connectivity index (χ2v) is 3.08. The summed E-state index contributed by atoms with van der Waals surface area (Å²) in [5.41, 5.74) is 1.01. The molecule has 1 aliphatic rings. The summed E-state index contributed by atoms with van der Waals surface area (Å²) >= 11 is 0. The number of aryl methyl sites for hydroxylation is 1. The van der Waals surface area contributed by atoms with Crippen molar-refractivity contribution in [1.29, 1.82) is 0 Å². The minimum absolute atomic E-state index is 0.0724. The quantitative estimate of drug-likeness (QED) is 0.552. The van der Waals surface area contributed by atoms with Crippen molar-refractivity contribution in [2.75, 3.05) is 6.54 Å². The van der Waals surface area contributed by atoms with Crippen LogP contribution >= 0.6 is 0 Å². The van der Waals surface area contributed by atoms with Crippen molar-refractivity contribution in [1.82, 2.24) is 0 Å². The molecule has 0 N–H and O–H groups in total. The second kappa shape index (κ2) is 3.09. The molecule has 0 bridgehead atoms. The zero-order valence-electron chi connectivity index (χ0n) is 7.45. The van der Waals surface area contributed by atoms with Crippen molar-refractivity contribution in [2.45, 2.75) is 13.3 Å². The van der Waals surface area contributed by atoms with Crippen LogP contribution in [0.1, 0.15) is 12.0 Å². The van der Waals surface area contributed by atoms with Crippen LogP contribution < -0.4 is 10.7 Å². The molecule has 3 nitrogen and oxygen atoms in total. The summed E-state index contributed by atoms with van der Waals surface area (Å²) in [6.45, 7) is 2.50. The Morgan fingerprint density at radius 3 is 3.08 bits per heavy atom. The number of rotatable bonds is 0. The maximum absolute atomic E-state index is 11.2. The Morgan fingerprint density at radius 2 is 2.23 bits per heavy atom. The average molecular weight is 174 g/mol. The van der Waals surface area contributed by atoms with E-state index in [4.69, 9.17) is 0 Å². The standard InChI is InChI=1S/C10H10N2O/c1-7-3-2-4-8-10(7)12-9(13)5-6-11-8/h2-4H,5-6H2,1H3. The molecule has 2 rings (SSSR count). The lowest BCUT2D eigenvalue weighted by molar-refractivity contribution is -0.117. The first kappa shape index (κ1) is 8.10. The van der Waals surface area contributed by atoms with E-state index in [1.807, 2.05) is 25.1 Å². The van der Waals surface area contributed by atoms with Gasteiger partial charge < -0.3 is 0 Å². The van der Waals surface area contributed by atoms with Gasteiger partial charge in [-0.2, -0.15) is 0 Å². The first-order valence-electron chi connectivity index (χ1n) is 4.29. The molecule has 1 aliphatic heterocycles. The van der Waals surface area contributed by atoms with Gasteiger partial charge >= 0.3 is 0 Å². The number of benzene rings is 1. The average Bonchev–Trinajstić information content (AvgIpc) is 2.28. The lowest BCUT2D eigenvalue weighted by atomic mass is 10.2. The molecule has 0 saturated heterocycles. The lowest BCUT2D eigenvalue weighted by Crippen LogP contribution is -2.27. The van der Waals surface area contributed by atoms with Crippen LogP contribution in [0, 0.1) is 6.92 Å². The van der Waals surface area contributed by atoms with Gasteiger partial charge in [0.2, 0.25) is 5.91 Å². The van der Waals surface area contributed by atoms with Gasteiger partial charge in [-0.15, -0.1) is 0 Å². The Labute approximate surface area is 75.8 Å². The summed E-state index contributed by atoms with van der Waals surface area (Å²) in [5, 5.41) is 1.58. The van der Waals surface area contributed by atoms with Gasteiger partial charge in [0.25, 0.3) is 0 Å². The maximum atomic E-state index is 11.2. The zero-order chi connectivity index (χ0) is 9.26. The molecule has 0 saturated carbocycles. The predicted octanol–water partition coefficient (Wildman–Crippen LogP) is 0.165. The van der Waals surface area contributed by atoms with Gasteiger partial charge in [-0.1, -0.05) is 12.1 Å². The third-order valence-corrected chi connectivity index (χ3v) is 2.06. The van der Waals surface area contributed by atoms with Crippen molar-refractivity contribution in [2.24, 2.45) is 9.98 Å². The molecule has 3 heteroatoms. The molecule has 13 heavy (non-hydrogen) atoms. The summed E-state index contributed by atoms with van der Waals surface area (Å²) in [5.74, 6) is -0.0724.